The molecule has 7 heteroatoms. The van der Waals surface area contributed by atoms with E-state index in [9.17, 15) is 18.9 Å². The van der Waals surface area contributed by atoms with E-state index in [1.807, 2.05) is 0 Å². The average Bonchev–Trinajstić information content (AvgIpc) is 2.82. The van der Waals surface area contributed by atoms with Crippen molar-refractivity contribution in [1.29, 1.82) is 0 Å². The van der Waals surface area contributed by atoms with E-state index in [2.05, 4.69) is 14.1 Å². The molecule has 6 nitrogen and oxygen atoms in total. The molecule has 0 aliphatic heterocycles. The monoisotopic (exact) mass is 244 g/mol. The predicted molar refractivity (Wildman–Crippen MR) is 50.4 cm³/mol. The van der Waals surface area contributed by atoms with Crippen molar-refractivity contribution in [1.82, 2.24) is 0 Å². The molecule has 1 heterocycles. The number of carbonyl (C=O) groups excluding carboxylic acids is 3. The number of furan rings is 1. The van der Waals surface area contributed by atoms with Crippen LogP contribution in [0.1, 0.15) is 17.3 Å². The molecule has 0 saturated carbocycles. The van der Waals surface area contributed by atoms with Crippen LogP contribution in [-0.2, 0) is 19.3 Å². The zero-order valence-corrected chi connectivity index (χ0v) is 8.84. The van der Waals surface area contributed by atoms with Gasteiger partial charge in [0.25, 0.3) is 0 Å². The highest BCUT2D eigenvalue weighted by molar-refractivity contribution is 6.20. The summed E-state index contributed by atoms with van der Waals surface area (Å²) in [6.45, 7) is 1.44. The summed E-state index contributed by atoms with van der Waals surface area (Å²) in [5, 5.41) is 0. The summed E-state index contributed by atoms with van der Waals surface area (Å²) in [5.41, 5.74) is -0.0477. The Morgan fingerprint density at radius 3 is 2.59 bits per heavy atom. The third kappa shape index (κ3) is 2.90. The van der Waals surface area contributed by atoms with Crippen LogP contribution >= 0.6 is 0 Å². The normalized spacial score (nSPS) is 11.6. The molecule has 0 aromatic carbocycles. The Balaban J connectivity index is 2.94. The fraction of sp³-hybridized carbons (Fsp3) is 0.300. The summed E-state index contributed by atoms with van der Waals surface area (Å²) >= 11 is 0. The van der Waals surface area contributed by atoms with Gasteiger partial charge in [0.1, 0.15) is 6.26 Å². The Bertz CT molecular complexity index is 410. The Hall–Kier alpha value is -2.18. The number of ketones is 1. The van der Waals surface area contributed by atoms with E-state index in [0.717, 1.165) is 6.26 Å². The van der Waals surface area contributed by atoms with Gasteiger partial charge >= 0.3 is 11.9 Å². The SMILES string of the molecule is CCOC(=O)C(C(=O)OF)C(=O)c1ccoc1. The van der Waals surface area contributed by atoms with E-state index in [1.165, 1.54) is 19.3 Å². The highest BCUT2D eigenvalue weighted by atomic mass is 19.3. The maximum atomic E-state index is 11.8. The quantitative estimate of drug-likeness (QED) is 0.437. The Morgan fingerprint density at radius 2 is 2.12 bits per heavy atom. The van der Waals surface area contributed by atoms with Crippen molar-refractivity contribution in [3.05, 3.63) is 24.2 Å². The zero-order valence-electron chi connectivity index (χ0n) is 8.84. The van der Waals surface area contributed by atoms with Gasteiger partial charge in [0.15, 0.2) is 5.78 Å². The number of Topliss-reactive ketones (excluding diaryl/α,β-unsaturated/α-hetero) is 1. The Morgan fingerprint density at radius 1 is 1.41 bits per heavy atom. The van der Waals surface area contributed by atoms with E-state index < -0.39 is 23.6 Å². The smallest absolute Gasteiger partial charge is 0.370 e. The lowest BCUT2D eigenvalue weighted by molar-refractivity contribution is -0.190. The maximum absolute atomic E-state index is 11.8. The molecule has 0 spiro atoms. The molecule has 0 bridgehead atoms. The highest BCUT2D eigenvalue weighted by Gasteiger charge is 2.38. The van der Waals surface area contributed by atoms with Crippen molar-refractivity contribution in [2.45, 2.75) is 6.92 Å². The molecule has 92 valence electrons. The van der Waals surface area contributed by atoms with Crippen LogP contribution in [0.5, 0.6) is 0 Å². The third-order valence-corrected chi connectivity index (χ3v) is 1.90. The fourth-order valence-corrected chi connectivity index (χ4v) is 1.15. The number of hydrogen-bond donors (Lipinski definition) is 0. The van der Waals surface area contributed by atoms with Crippen molar-refractivity contribution in [3.63, 3.8) is 0 Å². The lowest BCUT2D eigenvalue weighted by Gasteiger charge is -2.09. The zero-order chi connectivity index (χ0) is 12.8. The Labute approximate surface area is 95.2 Å². The number of halogens is 1. The van der Waals surface area contributed by atoms with Crippen molar-refractivity contribution in [3.8, 4) is 0 Å². The number of hydrogen-bond acceptors (Lipinski definition) is 6. The van der Waals surface area contributed by atoms with Gasteiger partial charge in [-0.15, -0.1) is 0 Å². The van der Waals surface area contributed by atoms with Gasteiger partial charge in [-0.3, -0.25) is 14.5 Å². The van der Waals surface area contributed by atoms with E-state index in [1.54, 1.807) is 0 Å². The summed E-state index contributed by atoms with van der Waals surface area (Å²) in [6, 6.07) is 1.24. The van der Waals surface area contributed by atoms with E-state index >= 15 is 0 Å². The van der Waals surface area contributed by atoms with Crippen LogP contribution in [0.15, 0.2) is 23.0 Å². The van der Waals surface area contributed by atoms with Gasteiger partial charge in [-0.05, 0) is 13.0 Å². The lowest BCUT2D eigenvalue weighted by atomic mass is 10.00. The van der Waals surface area contributed by atoms with E-state index in [0.29, 0.717) is 0 Å². The van der Waals surface area contributed by atoms with Crippen LogP contribution in [0.4, 0.5) is 4.53 Å². The van der Waals surface area contributed by atoms with Gasteiger partial charge in [-0.2, -0.15) is 0 Å². The molecule has 0 N–H and O–H groups in total. The average molecular weight is 244 g/mol. The van der Waals surface area contributed by atoms with E-state index in [4.69, 9.17) is 0 Å². The van der Waals surface area contributed by atoms with Crippen LogP contribution in [-0.4, -0.2) is 24.3 Å². The minimum atomic E-state index is -1.97. The molecular weight excluding hydrogens is 235 g/mol. The molecule has 17 heavy (non-hydrogen) atoms. The summed E-state index contributed by atoms with van der Waals surface area (Å²) in [4.78, 5) is 37.0. The lowest BCUT2D eigenvalue weighted by Crippen LogP contribution is -2.33. The first-order valence-electron chi connectivity index (χ1n) is 4.67. The topological polar surface area (TPSA) is 82.8 Å². The van der Waals surface area contributed by atoms with Crippen LogP contribution in [0.25, 0.3) is 0 Å². The first kappa shape index (κ1) is 12.9. The second-order valence-electron chi connectivity index (χ2n) is 2.96. The largest absolute Gasteiger partial charge is 0.472 e. The number of ether oxygens (including phenoxy) is 1. The van der Waals surface area contributed by atoms with Gasteiger partial charge in [0.2, 0.25) is 5.92 Å². The first-order valence-corrected chi connectivity index (χ1v) is 4.67. The van der Waals surface area contributed by atoms with Crippen molar-refractivity contribution < 1.29 is 33.0 Å². The summed E-state index contributed by atoms with van der Waals surface area (Å²) < 4.78 is 20.9. The standard InChI is InChI=1S/C10H9FO6/c1-2-16-9(13)7(10(14)17-11)8(12)6-3-4-15-5-6/h3-5,7H,2H2,1H3. The molecule has 1 atom stereocenters. The van der Waals surface area contributed by atoms with Gasteiger partial charge in [-0.1, -0.05) is 0 Å². The molecule has 1 unspecified atom stereocenters. The van der Waals surface area contributed by atoms with Gasteiger partial charge < -0.3 is 9.15 Å². The molecular formula is C10H9FO6. The minimum absolute atomic E-state index is 0.0477. The molecule has 1 aromatic heterocycles. The van der Waals surface area contributed by atoms with Gasteiger partial charge in [-0.25, -0.2) is 4.79 Å². The van der Waals surface area contributed by atoms with Gasteiger partial charge in [0.05, 0.1) is 18.4 Å². The highest BCUT2D eigenvalue weighted by Crippen LogP contribution is 2.13. The molecule has 0 amide bonds. The molecule has 0 fully saturated rings. The second kappa shape index (κ2) is 5.78. The summed E-state index contributed by atoms with van der Waals surface area (Å²) in [6.07, 6.45) is 2.20. The van der Waals surface area contributed by atoms with Crippen molar-refractivity contribution in [2.24, 2.45) is 5.92 Å². The van der Waals surface area contributed by atoms with Crippen LogP contribution in [0.2, 0.25) is 0 Å². The van der Waals surface area contributed by atoms with E-state index in [-0.39, 0.29) is 12.2 Å². The molecule has 1 rings (SSSR count). The van der Waals surface area contributed by atoms with Gasteiger partial charge in [0, 0.05) is 4.53 Å². The first-order chi connectivity index (χ1) is 8.11. The number of carbonyl (C=O) groups is 3. The molecule has 0 aliphatic rings. The van der Waals surface area contributed by atoms with Crippen molar-refractivity contribution in [2.75, 3.05) is 6.61 Å². The van der Waals surface area contributed by atoms with Crippen LogP contribution in [0, 0.1) is 5.92 Å². The Kier molecular flexibility index (Phi) is 4.38. The molecule has 0 aliphatic carbocycles. The summed E-state index contributed by atoms with van der Waals surface area (Å²) in [5.74, 6) is -5.70. The number of rotatable bonds is 5. The predicted octanol–water partition coefficient (Wildman–Crippen LogP) is 1.07. The number of esters is 1. The van der Waals surface area contributed by atoms with Crippen LogP contribution < -0.4 is 0 Å². The third-order valence-electron chi connectivity index (χ3n) is 1.90. The summed E-state index contributed by atoms with van der Waals surface area (Å²) in [7, 11) is 0. The maximum Gasteiger partial charge on any atom is 0.370 e. The molecule has 0 radical (unpaired) electrons. The fourth-order valence-electron chi connectivity index (χ4n) is 1.15. The van der Waals surface area contributed by atoms with Crippen molar-refractivity contribution >= 4 is 17.7 Å². The molecule has 0 saturated heterocycles. The minimum Gasteiger partial charge on any atom is -0.472 e. The second-order valence-corrected chi connectivity index (χ2v) is 2.96. The molecule has 1 aromatic rings. The van der Waals surface area contributed by atoms with Crippen LogP contribution in [0.3, 0.4) is 0 Å².